The number of nitrogens with zero attached hydrogens (tertiary/aromatic N) is 5. The van der Waals surface area contributed by atoms with Crippen LogP contribution in [0, 0.1) is 0 Å². The molecule has 214 valence electrons. The van der Waals surface area contributed by atoms with Gasteiger partial charge in [-0.25, -0.2) is 29.5 Å². The molecule has 2 amide bonds. The van der Waals surface area contributed by atoms with E-state index in [2.05, 4.69) is 30.6 Å². The van der Waals surface area contributed by atoms with Crippen LogP contribution in [0.3, 0.4) is 0 Å². The monoisotopic (exact) mass is 563 g/mol. The van der Waals surface area contributed by atoms with Crippen molar-refractivity contribution in [2.45, 2.75) is 45.0 Å². The number of carbonyl (C=O) groups excluding carboxylic acids is 1. The maximum Gasteiger partial charge on any atom is 0.341 e. The maximum absolute atomic E-state index is 12.6. The molecule has 0 bridgehead atoms. The Labute approximate surface area is 234 Å². The van der Waals surface area contributed by atoms with Gasteiger partial charge in [0, 0.05) is 11.9 Å². The molecule has 0 radical (unpaired) electrons. The number of aromatic carboxylic acids is 1. The minimum Gasteiger partial charge on any atom is -0.477 e. The first-order valence-corrected chi connectivity index (χ1v) is 12.8. The lowest BCUT2D eigenvalue weighted by Gasteiger charge is -2.39. The fraction of sp³-hybridized carbons (Fsp3) is 0.333. The summed E-state index contributed by atoms with van der Waals surface area (Å²) >= 11 is 0. The highest BCUT2D eigenvalue weighted by molar-refractivity contribution is 6.02. The molecule has 1 fully saturated rings. The molecule has 1 aromatic carbocycles. The van der Waals surface area contributed by atoms with E-state index in [1.54, 1.807) is 30.5 Å². The highest BCUT2D eigenvalue weighted by Gasteiger charge is 2.36. The molecule has 0 aliphatic carbocycles. The summed E-state index contributed by atoms with van der Waals surface area (Å²) in [5, 5.41) is 14.9. The molecule has 3 atom stereocenters. The lowest BCUT2D eigenvalue weighted by atomic mass is 10.2. The first-order valence-electron chi connectivity index (χ1n) is 12.8. The number of carboxylic acids is 1. The predicted molar refractivity (Wildman–Crippen MR) is 146 cm³/mol. The first-order chi connectivity index (χ1) is 19.7. The van der Waals surface area contributed by atoms with Crippen molar-refractivity contribution in [3.8, 4) is 5.88 Å². The van der Waals surface area contributed by atoms with Crippen LogP contribution >= 0.6 is 0 Å². The first kappa shape index (κ1) is 27.9. The molecular formula is C27H29N7O7. The molecule has 4 aromatic rings. The molecular weight excluding hydrogens is 534 g/mol. The molecule has 1 aliphatic heterocycles. The van der Waals surface area contributed by atoms with Gasteiger partial charge in [-0.2, -0.15) is 0 Å². The van der Waals surface area contributed by atoms with E-state index in [0.717, 1.165) is 0 Å². The van der Waals surface area contributed by atoms with E-state index in [9.17, 15) is 14.7 Å². The lowest BCUT2D eigenvalue weighted by molar-refractivity contribution is -0.302. The molecule has 0 saturated carbocycles. The number of pyridine rings is 1. The SMILES string of the molecule is CC1OC(C)(C)OCC(COc2ncccc2C(=O)O)OC1n1cnc2c(NC(=O)Nc3ccccc3)ncnc21. The largest absolute Gasteiger partial charge is 0.477 e. The van der Waals surface area contributed by atoms with Crippen molar-refractivity contribution in [2.75, 3.05) is 23.8 Å². The van der Waals surface area contributed by atoms with Crippen molar-refractivity contribution in [2.24, 2.45) is 0 Å². The average Bonchev–Trinajstić information content (AvgIpc) is 3.37. The van der Waals surface area contributed by atoms with Crippen molar-refractivity contribution >= 4 is 34.7 Å². The Kier molecular flexibility index (Phi) is 8.05. The highest BCUT2D eigenvalue weighted by atomic mass is 16.7. The van der Waals surface area contributed by atoms with Gasteiger partial charge in [0.1, 0.15) is 30.7 Å². The Morgan fingerprint density at radius 1 is 1.10 bits per heavy atom. The Balaban J connectivity index is 1.39. The summed E-state index contributed by atoms with van der Waals surface area (Å²) in [6.45, 7) is 5.42. The summed E-state index contributed by atoms with van der Waals surface area (Å²) < 4.78 is 25.9. The standard InChI is InChI=1S/C27H29N7O7/c1-16-24(40-18(13-39-27(2,3)41-16)12-38-23-19(25(35)36)10-7-11-28-23)34-15-31-20-21(29-14-30-22(20)34)33-26(37)32-17-8-5-4-6-9-17/h4-11,14-16,18,24H,12-13H2,1-3H3,(H,35,36)(H2,29,30,32,33,37). The van der Waals surface area contributed by atoms with Crippen LogP contribution in [0.5, 0.6) is 5.88 Å². The maximum atomic E-state index is 12.6. The second-order valence-corrected chi connectivity index (χ2v) is 9.65. The second-order valence-electron chi connectivity index (χ2n) is 9.65. The third kappa shape index (κ3) is 6.57. The number of amides is 2. The highest BCUT2D eigenvalue weighted by Crippen LogP contribution is 2.31. The van der Waals surface area contributed by atoms with E-state index in [1.165, 1.54) is 31.0 Å². The number of hydrogen-bond donors (Lipinski definition) is 3. The number of urea groups is 1. The zero-order valence-corrected chi connectivity index (χ0v) is 22.6. The average molecular weight is 564 g/mol. The lowest BCUT2D eigenvalue weighted by Crippen LogP contribution is -2.45. The zero-order valence-electron chi connectivity index (χ0n) is 22.6. The molecule has 3 unspecified atom stereocenters. The molecule has 14 nitrogen and oxygen atoms in total. The number of carbonyl (C=O) groups is 2. The Hall–Kier alpha value is -4.66. The molecule has 3 aromatic heterocycles. The topological polar surface area (TPSA) is 172 Å². The summed E-state index contributed by atoms with van der Waals surface area (Å²) in [5.74, 6) is -1.95. The number of fused-ring (bicyclic) bond motifs is 1. The third-order valence-electron chi connectivity index (χ3n) is 6.12. The van der Waals surface area contributed by atoms with Gasteiger partial charge < -0.3 is 29.4 Å². The molecule has 1 saturated heterocycles. The van der Waals surface area contributed by atoms with Crippen LogP contribution in [0.1, 0.15) is 37.4 Å². The minimum absolute atomic E-state index is 0.0314. The fourth-order valence-electron chi connectivity index (χ4n) is 4.32. The summed E-state index contributed by atoms with van der Waals surface area (Å²) in [4.78, 5) is 41.3. The molecule has 14 heteroatoms. The van der Waals surface area contributed by atoms with Crippen LogP contribution in [-0.4, -0.2) is 72.8 Å². The van der Waals surface area contributed by atoms with Gasteiger partial charge in [-0.1, -0.05) is 18.2 Å². The van der Waals surface area contributed by atoms with Gasteiger partial charge in [-0.15, -0.1) is 0 Å². The minimum atomic E-state index is -1.16. The molecule has 5 rings (SSSR count). The van der Waals surface area contributed by atoms with Gasteiger partial charge in [0.05, 0.1) is 12.9 Å². The smallest absolute Gasteiger partial charge is 0.341 e. The van der Waals surface area contributed by atoms with Gasteiger partial charge in [0.15, 0.2) is 29.0 Å². The fourth-order valence-corrected chi connectivity index (χ4v) is 4.32. The number of aromatic nitrogens is 5. The molecule has 0 spiro atoms. The molecule has 41 heavy (non-hydrogen) atoms. The third-order valence-corrected chi connectivity index (χ3v) is 6.12. The van der Waals surface area contributed by atoms with Crippen molar-refractivity contribution in [3.63, 3.8) is 0 Å². The van der Waals surface area contributed by atoms with Crippen molar-refractivity contribution in [1.29, 1.82) is 0 Å². The second kappa shape index (κ2) is 11.8. The normalized spacial score (nSPS) is 20.5. The molecule has 4 heterocycles. The zero-order chi connectivity index (χ0) is 29.0. The van der Waals surface area contributed by atoms with Crippen LogP contribution in [-0.2, 0) is 14.2 Å². The number of carboxylic acid groups (broad SMARTS) is 1. The van der Waals surface area contributed by atoms with Gasteiger partial charge in [-0.3, -0.25) is 9.88 Å². The van der Waals surface area contributed by atoms with Crippen LogP contribution in [0.25, 0.3) is 11.2 Å². The van der Waals surface area contributed by atoms with Crippen molar-refractivity contribution in [1.82, 2.24) is 24.5 Å². The van der Waals surface area contributed by atoms with E-state index in [-0.39, 0.29) is 30.5 Å². The quantitative estimate of drug-likeness (QED) is 0.299. The summed E-state index contributed by atoms with van der Waals surface area (Å²) in [5.41, 5.74) is 1.29. The number of hydrogen-bond acceptors (Lipinski definition) is 10. The Morgan fingerprint density at radius 3 is 2.68 bits per heavy atom. The number of nitrogens with one attached hydrogen (secondary N) is 2. The van der Waals surface area contributed by atoms with E-state index >= 15 is 0 Å². The number of ether oxygens (including phenoxy) is 4. The van der Waals surface area contributed by atoms with Gasteiger partial charge in [0.2, 0.25) is 5.88 Å². The van der Waals surface area contributed by atoms with Gasteiger partial charge >= 0.3 is 12.0 Å². The van der Waals surface area contributed by atoms with E-state index in [1.807, 2.05) is 25.1 Å². The van der Waals surface area contributed by atoms with Gasteiger partial charge in [-0.05, 0) is 45.0 Å². The van der Waals surface area contributed by atoms with Crippen LogP contribution in [0.4, 0.5) is 16.3 Å². The number of anilines is 2. The van der Waals surface area contributed by atoms with Crippen LogP contribution in [0.15, 0.2) is 61.3 Å². The Morgan fingerprint density at radius 2 is 1.90 bits per heavy atom. The van der Waals surface area contributed by atoms with Crippen LogP contribution < -0.4 is 15.4 Å². The number of imidazole rings is 1. The van der Waals surface area contributed by atoms with E-state index in [4.69, 9.17) is 18.9 Å². The van der Waals surface area contributed by atoms with Crippen molar-refractivity contribution < 1.29 is 33.6 Å². The van der Waals surface area contributed by atoms with E-state index < -0.39 is 36.2 Å². The number of para-hydroxylation sites is 1. The predicted octanol–water partition coefficient (Wildman–Crippen LogP) is 3.70. The molecule has 1 aliphatic rings. The van der Waals surface area contributed by atoms with Crippen LogP contribution in [0.2, 0.25) is 0 Å². The number of benzene rings is 1. The summed E-state index contributed by atoms with van der Waals surface area (Å²) in [6.07, 6.45) is 2.33. The van der Waals surface area contributed by atoms with Crippen molar-refractivity contribution in [3.05, 3.63) is 66.9 Å². The van der Waals surface area contributed by atoms with Gasteiger partial charge in [0.25, 0.3) is 0 Å². The Bertz CT molecular complexity index is 1530. The number of rotatable bonds is 7. The van der Waals surface area contributed by atoms with E-state index in [0.29, 0.717) is 16.9 Å². The molecule has 3 N–H and O–H groups in total. The summed E-state index contributed by atoms with van der Waals surface area (Å²) in [6, 6.07) is 11.4. The summed E-state index contributed by atoms with van der Waals surface area (Å²) in [7, 11) is 0.